The highest BCUT2D eigenvalue weighted by atomic mass is 16.5. The maximum atomic E-state index is 12.9. The molecule has 1 aliphatic heterocycles. The third-order valence-corrected chi connectivity index (χ3v) is 7.18. The lowest BCUT2D eigenvalue weighted by Crippen LogP contribution is -2.40. The first kappa shape index (κ1) is 29.7. The maximum Gasteiger partial charge on any atom is 0.316 e. The molecule has 0 saturated carbocycles. The number of hydrogen-bond donors (Lipinski definition) is 0. The Morgan fingerprint density at radius 3 is 1.36 bits per heavy atom. The Kier molecular flexibility index (Phi) is 8.01. The van der Waals surface area contributed by atoms with Gasteiger partial charge in [0.15, 0.2) is 0 Å². The van der Waals surface area contributed by atoms with E-state index in [0.717, 1.165) is 5.56 Å². The molecule has 2 rings (SSSR count). The maximum absolute atomic E-state index is 12.9. The molecule has 0 N–H and O–H groups in total. The first-order valence-electron chi connectivity index (χ1n) is 12.8. The van der Waals surface area contributed by atoms with Gasteiger partial charge in [-0.25, -0.2) is 0 Å². The van der Waals surface area contributed by atoms with Gasteiger partial charge in [0.1, 0.15) is 11.5 Å². The molecular formula is C31H47NO4. The summed E-state index contributed by atoms with van der Waals surface area (Å²) in [7, 11) is 0. The molecule has 1 aliphatic rings. The standard InChI is InChI=1S/C31H47NO4/c1-27(2,3)22-16-14-21(15-17-22)18-32-19-23(35-25(33)28(4,5)6)30(10,11)31(12,13)24(20-32)36-26(34)29(7,8)9/h14-17,19-20H,18H2,1-13H3. The number of esters is 2. The second kappa shape index (κ2) is 9.72. The van der Waals surface area contributed by atoms with E-state index in [1.165, 1.54) is 5.56 Å². The molecule has 1 heterocycles. The van der Waals surface area contributed by atoms with Crippen LogP contribution in [0, 0.1) is 21.7 Å². The van der Waals surface area contributed by atoms with E-state index in [1.807, 2.05) is 86.5 Å². The van der Waals surface area contributed by atoms with Crippen LogP contribution < -0.4 is 0 Å². The van der Waals surface area contributed by atoms with Crippen LogP contribution in [0.3, 0.4) is 0 Å². The summed E-state index contributed by atoms with van der Waals surface area (Å²) in [6.07, 6.45) is 3.75. The monoisotopic (exact) mass is 497 g/mol. The zero-order chi connectivity index (χ0) is 27.9. The summed E-state index contributed by atoms with van der Waals surface area (Å²) in [5.41, 5.74) is -0.194. The number of ether oxygens (including phenoxy) is 2. The molecule has 5 heteroatoms. The predicted octanol–water partition coefficient (Wildman–Crippen LogP) is 7.71. The molecule has 36 heavy (non-hydrogen) atoms. The summed E-state index contributed by atoms with van der Waals surface area (Å²) in [6.45, 7) is 26.2. The quantitative estimate of drug-likeness (QED) is 0.399. The van der Waals surface area contributed by atoms with E-state index < -0.39 is 21.7 Å². The minimum Gasteiger partial charge on any atom is -0.428 e. The van der Waals surface area contributed by atoms with Crippen LogP contribution in [0.15, 0.2) is 48.2 Å². The van der Waals surface area contributed by atoms with Crippen LogP contribution in [-0.2, 0) is 31.0 Å². The zero-order valence-electron chi connectivity index (χ0n) is 24.8. The summed E-state index contributed by atoms with van der Waals surface area (Å²) >= 11 is 0. The molecule has 0 aromatic heterocycles. The van der Waals surface area contributed by atoms with Gasteiger partial charge in [-0.2, -0.15) is 0 Å². The van der Waals surface area contributed by atoms with Gasteiger partial charge < -0.3 is 14.4 Å². The van der Waals surface area contributed by atoms with Gasteiger partial charge in [-0.15, -0.1) is 0 Å². The summed E-state index contributed by atoms with van der Waals surface area (Å²) in [4.78, 5) is 27.9. The van der Waals surface area contributed by atoms with E-state index in [4.69, 9.17) is 9.47 Å². The van der Waals surface area contributed by atoms with Crippen molar-refractivity contribution in [1.82, 2.24) is 4.90 Å². The third-order valence-electron chi connectivity index (χ3n) is 7.18. The van der Waals surface area contributed by atoms with Gasteiger partial charge in [-0.05, 0) is 58.1 Å². The van der Waals surface area contributed by atoms with Gasteiger partial charge >= 0.3 is 11.9 Å². The van der Waals surface area contributed by atoms with Crippen molar-refractivity contribution in [2.45, 2.75) is 102 Å². The summed E-state index contributed by atoms with van der Waals surface area (Å²) in [5, 5.41) is 0. The Hall–Kier alpha value is -2.56. The molecule has 1 aromatic rings. The minimum atomic E-state index is -0.657. The molecule has 0 saturated heterocycles. The lowest BCUT2D eigenvalue weighted by Gasteiger charge is -2.42. The van der Waals surface area contributed by atoms with Gasteiger partial charge in [-0.3, -0.25) is 9.59 Å². The van der Waals surface area contributed by atoms with Crippen molar-refractivity contribution in [2.24, 2.45) is 21.7 Å². The molecule has 0 amide bonds. The average Bonchev–Trinajstić information content (AvgIpc) is 2.75. The molecular weight excluding hydrogens is 450 g/mol. The number of nitrogens with zero attached hydrogens (tertiary/aromatic N) is 1. The van der Waals surface area contributed by atoms with Crippen molar-refractivity contribution in [1.29, 1.82) is 0 Å². The van der Waals surface area contributed by atoms with Crippen LogP contribution in [0.25, 0.3) is 0 Å². The lowest BCUT2D eigenvalue weighted by atomic mass is 9.66. The molecule has 0 atom stereocenters. The van der Waals surface area contributed by atoms with E-state index in [-0.39, 0.29) is 17.4 Å². The molecule has 0 radical (unpaired) electrons. The van der Waals surface area contributed by atoms with Gasteiger partial charge in [0, 0.05) is 29.8 Å². The van der Waals surface area contributed by atoms with E-state index >= 15 is 0 Å². The molecule has 200 valence electrons. The molecule has 0 aliphatic carbocycles. The van der Waals surface area contributed by atoms with Crippen LogP contribution in [0.1, 0.15) is 101 Å². The second-order valence-corrected chi connectivity index (χ2v) is 14.1. The van der Waals surface area contributed by atoms with Crippen molar-refractivity contribution in [3.8, 4) is 0 Å². The first-order chi connectivity index (χ1) is 16.1. The first-order valence-corrected chi connectivity index (χ1v) is 12.8. The smallest absolute Gasteiger partial charge is 0.316 e. The number of benzene rings is 1. The highest BCUT2D eigenvalue weighted by molar-refractivity contribution is 5.77. The fraction of sp³-hybridized carbons (Fsp3) is 0.613. The Bertz CT molecular complexity index is 980. The number of rotatable bonds is 4. The lowest BCUT2D eigenvalue weighted by molar-refractivity contribution is -0.155. The van der Waals surface area contributed by atoms with Crippen LogP contribution in [0.5, 0.6) is 0 Å². The van der Waals surface area contributed by atoms with E-state index in [2.05, 4.69) is 45.0 Å². The number of carbonyl (C=O) groups is 2. The van der Waals surface area contributed by atoms with Crippen LogP contribution in [-0.4, -0.2) is 16.8 Å². The Labute approximate surface area is 218 Å². The molecule has 5 nitrogen and oxygen atoms in total. The third kappa shape index (κ3) is 6.60. The molecule has 0 unspecified atom stereocenters. The van der Waals surface area contributed by atoms with Crippen LogP contribution in [0.2, 0.25) is 0 Å². The van der Waals surface area contributed by atoms with Gasteiger partial charge in [0.05, 0.1) is 10.8 Å². The normalized spacial score (nSPS) is 18.1. The van der Waals surface area contributed by atoms with Gasteiger partial charge in [0.2, 0.25) is 0 Å². The fourth-order valence-electron chi connectivity index (χ4n) is 3.50. The Morgan fingerprint density at radius 1 is 0.694 bits per heavy atom. The number of hydrogen-bond acceptors (Lipinski definition) is 5. The van der Waals surface area contributed by atoms with Crippen molar-refractivity contribution in [2.75, 3.05) is 0 Å². The van der Waals surface area contributed by atoms with Crippen molar-refractivity contribution in [3.63, 3.8) is 0 Å². The Balaban J connectivity index is 2.59. The second-order valence-electron chi connectivity index (χ2n) is 14.1. The molecule has 1 aromatic carbocycles. The topological polar surface area (TPSA) is 55.8 Å². The number of carbonyl (C=O) groups excluding carboxylic acids is 2. The molecule has 0 bridgehead atoms. The van der Waals surface area contributed by atoms with E-state index in [0.29, 0.717) is 18.1 Å². The van der Waals surface area contributed by atoms with Crippen molar-refractivity contribution in [3.05, 3.63) is 59.3 Å². The highest BCUT2D eigenvalue weighted by Gasteiger charge is 2.49. The zero-order valence-corrected chi connectivity index (χ0v) is 24.8. The summed E-state index contributed by atoms with van der Waals surface area (Å²) in [5.74, 6) is 0.470. The predicted molar refractivity (Wildman–Crippen MR) is 146 cm³/mol. The van der Waals surface area contributed by atoms with Gasteiger partial charge in [0.25, 0.3) is 0 Å². The van der Waals surface area contributed by atoms with Crippen LogP contribution >= 0.6 is 0 Å². The average molecular weight is 498 g/mol. The van der Waals surface area contributed by atoms with E-state index in [9.17, 15) is 9.59 Å². The molecule has 0 spiro atoms. The van der Waals surface area contributed by atoms with E-state index in [1.54, 1.807) is 0 Å². The highest BCUT2D eigenvalue weighted by Crippen LogP contribution is 2.52. The minimum absolute atomic E-state index is 0.0671. The number of allylic oxidation sites excluding steroid dienone is 2. The summed E-state index contributed by atoms with van der Waals surface area (Å²) in [6, 6.07) is 8.53. The summed E-state index contributed by atoms with van der Waals surface area (Å²) < 4.78 is 12.1. The van der Waals surface area contributed by atoms with Crippen LogP contribution in [0.4, 0.5) is 0 Å². The SMILES string of the molecule is CC(C)(C)C(=O)OC1=CN(Cc2ccc(C(C)(C)C)cc2)C=C(OC(=O)C(C)(C)C)C(C)(C)C1(C)C. The van der Waals surface area contributed by atoms with Crippen molar-refractivity contribution >= 4 is 11.9 Å². The largest absolute Gasteiger partial charge is 0.428 e. The molecule has 0 fully saturated rings. The van der Waals surface area contributed by atoms with Crippen molar-refractivity contribution < 1.29 is 19.1 Å². The van der Waals surface area contributed by atoms with Gasteiger partial charge in [-0.1, -0.05) is 72.7 Å². The fourth-order valence-corrected chi connectivity index (χ4v) is 3.50. The Morgan fingerprint density at radius 2 is 1.06 bits per heavy atom.